The van der Waals surface area contributed by atoms with Gasteiger partial charge in [-0.25, -0.2) is 9.98 Å². The van der Waals surface area contributed by atoms with Crippen LogP contribution in [0.4, 0.5) is 5.69 Å². The van der Waals surface area contributed by atoms with E-state index in [1.807, 2.05) is 0 Å². The summed E-state index contributed by atoms with van der Waals surface area (Å²) >= 11 is 0. The highest BCUT2D eigenvalue weighted by Crippen LogP contribution is 2.42. The van der Waals surface area contributed by atoms with E-state index in [1.165, 1.54) is 22.3 Å². The summed E-state index contributed by atoms with van der Waals surface area (Å²) in [7, 11) is 0. The molecular weight excluding hydrogens is 673 g/mol. The van der Waals surface area contributed by atoms with Crippen LogP contribution in [0.15, 0.2) is 132 Å². The van der Waals surface area contributed by atoms with Crippen LogP contribution in [0.5, 0.6) is 0 Å². The van der Waals surface area contributed by atoms with Gasteiger partial charge in [-0.1, -0.05) is 119 Å². The maximum atomic E-state index is 11.4. The number of aliphatic imine (C=N–C) groups is 1. The van der Waals surface area contributed by atoms with Crippen molar-refractivity contribution in [2.24, 2.45) is 4.99 Å². The molecule has 8 bridgehead atoms. The Morgan fingerprint density at radius 1 is 0.455 bits per heavy atom. The highest BCUT2D eigenvalue weighted by atomic mass is 16.3. The van der Waals surface area contributed by atoms with Crippen LogP contribution in [0.1, 0.15) is 46.1 Å². The predicted molar refractivity (Wildman–Crippen MR) is 231 cm³/mol. The highest BCUT2D eigenvalue weighted by Gasteiger charge is 2.24. The largest absolute Gasteiger partial charge is 0.387 e. The lowest BCUT2D eigenvalue weighted by atomic mass is 9.95. The van der Waals surface area contributed by atoms with Crippen molar-refractivity contribution in [1.29, 1.82) is 0 Å². The summed E-state index contributed by atoms with van der Waals surface area (Å²) in [6.07, 6.45) is 3.45. The van der Waals surface area contributed by atoms with Crippen LogP contribution in [0, 0.1) is 27.7 Å². The Hall–Kier alpha value is -6.56. The first-order valence-electron chi connectivity index (χ1n) is 18.9. The summed E-state index contributed by atoms with van der Waals surface area (Å²) in [5.41, 5.74) is 20.7. The Labute approximate surface area is 321 Å². The first-order chi connectivity index (χ1) is 26.7. The van der Waals surface area contributed by atoms with Crippen LogP contribution in [-0.2, 0) is 0 Å². The molecule has 55 heavy (non-hydrogen) atoms. The summed E-state index contributed by atoms with van der Waals surface area (Å²) in [5.74, 6) is 0. The first kappa shape index (κ1) is 34.2. The van der Waals surface area contributed by atoms with Gasteiger partial charge < -0.3 is 15.1 Å². The number of hydrogen-bond acceptors (Lipinski definition) is 3. The zero-order valence-corrected chi connectivity index (χ0v) is 31.7. The Bertz CT molecular complexity index is 2830. The van der Waals surface area contributed by atoms with E-state index in [0.717, 1.165) is 89.2 Å². The predicted octanol–water partition coefficient (Wildman–Crippen LogP) is 12.5. The molecule has 0 aliphatic carbocycles. The molecule has 1 unspecified atom stereocenters. The van der Waals surface area contributed by atoms with Crippen LogP contribution in [0.3, 0.4) is 0 Å². The number of benzene rings is 4. The lowest BCUT2D eigenvalue weighted by Gasteiger charge is -2.11. The number of fused-ring (bicyclic) bond motifs is 8. The van der Waals surface area contributed by atoms with Crippen LogP contribution in [-0.4, -0.2) is 31.9 Å². The quantitative estimate of drug-likeness (QED) is 0.166. The lowest BCUT2D eigenvalue weighted by Crippen LogP contribution is -2.16. The molecular formula is C50H42N4O. The third kappa shape index (κ3) is 6.33. The number of nitrogens with zero attached hydrogens (tertiary/aromatic N) is 2. The second kappa shape index (κ2) is 13.7. The average Bonchev–Trinajstić information content (AvgIpc) is 4.01. The summed E-state index contributed by atoms with van der Waals surface area (Å²) in [4.78, 5) is 18.4. The molecule has 9 rings (SSSR count). The van der Waals surface area contributed by atoms with E-state index in [4.69, 9.17) is 9.98 Å². The zero-order chi connectivity index (χ0) is 37.8. The molecule has 268 valence electrons. The Morgan fingerprint density at radius 3 is 1.20 bits per heavy atom. The van der Waals surface area contributed by atoms with Gasteiger partial charge >= 0.3 is 0 Å². The van der Waals surface area contributed by atoms with Gasteiger partial charge in [0.15, 0.2) is 0 Å². The summed E-state index contributed by atoms with van der Waals surface area (Å²) < 4.78 is 0. The van der Waals surface area contributed by atoms with Crippen LogP contribution in [0.25, 0.3) is 78.7 Å². The zero-order valence-electron chi connectivity index (χ0n) is 31.7. The minimum atomic E-state index is -0.818. The number of aliphatic hydroxyl groups excluding tert-OH is 1. The summed E-state index contributed by atoms with van der Waals surface area (Å²) in [5, 5.41) is 11.4. The third-order valence-corrected chi connectivity index (χ3v) is 10.7. The fourth-order valence-corrected chi connectivity index (χ4v) is 7.75. The maximum absolute atomic E-state index is 11.4. The molecule has 5 heteroatoms. The molecule has 0 saturated carbocycles. The highest BCUT2D eigenvalue weighted by molar-refractivity contribution is 6.16. The summed E-state index contributed by atoms with van der Waals surface area (Å²) in [6, 6.07) is 45.2. The molecule has 5 nitrogen and oxygen atoms in total. The standard InChI is InChI=1S/C50H42N4O/c1-29-6-14-34(15-7-29)46-38-28-45(54-50(38)33(5)55)49(37-20-12-32(4)13-21-37)44-27-26-43(53-44)48(36-18-10-31(3)11-19-36)42-25-24-41(52-42)47(40-23-22-39(46)51-40)35-16-8-30(2)9-17-35/h6-28,33,51,53,55H,1-5H3. The van der Waals surface area contributed by atoms with Crippen LogP contribution >= 0.6 is 0 Å². The molecule has 0 amide bonds. The molecule has 4 aromatic carbocycles. The van der Waals surface area contributed by atoms with Gasteiger partial charge in [-0.05, 0) is 99.4 Å². The fraction of sp³-hybridized carbons (Fsp3) is 0.120. The Balaban J connectivity index is 1.50. The molecule has 5 heterocycles. The van der Waals surface area contributed by atoms with E-state index in [1.54, 1.807) is 6.92 Å². The summed E-state index contributed by atoms with van der Waals surface area (Å²) in [6.45, 7) is 10.2. The van der Waals surface area contributed by atoms with Gasteiger partial charge in [-0.15, -0.1) is 0 Å². The van der Waals surface area contributed by atoms with E-state index in [9.17, 15) is 5.11 Å². The van der Waals surface area contributed by atoms with E-state index < -0.39 is 6.10 Å². The molecule has 3 aromatic heterocycles. The van der Waals surface area contributed by atoms with Crippen LogP contribution < -0.4 is 0 Å². The van der Waals surface area contributed by atoms with Crippen molar-refractivity contribution in [2.75, 3.05) is 0 Å². The fourth-order valence-electron chi connectivity index (χ4n) is 7.75. The van der Waals surface area contributed by atoms with Crippen molar-refractivity contribution < 1.29 is 5.11 Å². The number of rotatable bonds is 5. The number of hydrogen-bond donors (Lipinski definition) is 3. The van der Waals surface area contributed by atoms with Crippen molar-refractivity contribution in [2.45, 2.75) is 40.7 Å². The SMILES string of the molecule is Cc1ccc(-c2c3cc(c(-c4ccc(C)cc4)c4ccc([nH]4)c(-c4ccc(C)cc4)c4nc(c(-c5ccc(C)cc5)c5ccc2[nH]5)C=C4)C(C(C)O)=N3)cc1. The van der Waals surface area contributed by atoms with Gasteiger partial charge in [0.25, 0.3) is 0 Å². The van der Waals surface area contributed by atoms with Crippen molar-refractivity contribution in [3.05, 3.63) is 167 Å². The average molecular weight is 715 g/mol. The normalized spacial score (nSPS) is 12.9. The number of aryl methyl sites for hydroxylation is 4. The van der Waals surface area contributed by atoms with E-state index in [0.29, 0.717) is 5.71 Å². The van der Waals surface area contributed by atoms with Gasteiger partial charge in [0.05, 0.1) is 28.9 Å². The smallest absolute Gasteiger partial charge is 0.0938 e. The van der Waals surface area contributed by atoms with Crippen molar-refractivity contribution >= 4 is 45.6 Å². The molecule has 3 N–H and O–H groups in total. The first-order valence-corrected chi connectivity index (χ1v) is 18.9. The number of aromatic nitrogens is 3. The monoisotopic (exact) mass is 714 g/mol. The molecule has 0 radical (unpaired) electrons. The molecule has 2 aliphatic heterocycles. The number of aromatic amines is 2. The van der Waals surface area contributed by atoms with Crippen LogP contribution in [0.2, 0.25) is 0 Å². The van der Waals surface area contributed by atoms with Crippen molar-refractivity contribution in [3.8, 4) is 44.5 Å². The van der Waals surface area contributed by atoms with E-state index in [-0.39, 0.29) is 0 Å². The van der Waals surface area contributed by atoms with Gasteiger partial charge in [-0.2, -0.15) is 0 Å². The molecule has 0 fully saturated rings. The Morgan fingerprint density at radius 2 is 0.800 bits per heavy atom. The van der Waals surface area contributed by atoms with Gasteiger partial charge in [0, 0.05) is 49.9 Å². The molecule has 0 spiro atoms. The minimum absolute atomic E-state index is 0.624. The maximum Gasteiger partial charge on any atom is 0.0938 e. The second-order valence-electron chi connectivity index (χ2n) is 14.9. The van der Waals surface area contributed by atoms with E-state index in [2.05, 4.69) is 177 Å². The lowest BCUT2D eigenvalue weighted by molar-refractivity contribution is 0.263. The third-order valence-electron chi connectivity index (χ3n) is 10.7. The number of aliphatic hydroxyl groups is 1. The topological polar surface area (TPSA) is 77.1 Å². The molecule has 2 aliphatic rings. The van der Waals surface area contributed by atoms with Gasteiger partial charge in [-0.3, -0.25) is 0 Å². The number of H-pyrrole nitrogens is 2. The van der Waals surface area contributed by atoms with Crippen molar-refractivity contribution in [3.63, 3.8) is 0 Å². The molecule has 0 saturated heterocycles. The van der Waals surface area contributed by atoms with E-state index >= 15 is 0 Å². The number of nitrogens with one attached hydrogen (secondary N) is 2. The second-order valence-corrected chi connectivity index (χ2v) is 14.9. The van der Waals surface area contributed by atoms with Gasteiger partial charge in [0.2, 0.25) is 0 Å². The van der Waals surface area contributed by atoms with Crippen molar-refractivity contribution in [1.82, 2.24) is 15.0 Å². The molecule has 7 aromatic rings. The minimum Gasteiger partial charge on any atom is -0.387 e. The Kier molecular flexibility index (Phi) is 8.52. The molecule has 1 atom stereocenters. The van der Waals surface area contributed by atoms with Gasteiger partial charge in [0.1, 0.15) is 0 Å².